The summed E-state index contributed by atoms with van der Waals surface area (Å²) in [6, 6.07) is 34.4. The van der Waals surface area contributed by atoms with Gasteiger partial charge in [0.25, 0.3) is 0 Å². The van der Waals surface area contributed by atoms with E-state index in [2.05, 4.69) is 54.0 Å². The molecule has 2 nitrogen and oxygen atoms in total. The summed E-state index contributed by atoms with van der Waals surface area (Å²) in [6.07, 6.45) is 0.806. The molecule has 0 aliphatic heterocycles. The van der Waals surface area contributed by atoms with Crippen molar-refractivity contribution in [3.05, 3.63) is 157 Å². The van der Waals surface area contributed by atoms with Gasteiger partial charge >= 0.3 is 0 Å². The predicted octanol–water partition coefficient (Wildman–Crippen LogP) is 11.5. The molecule has 0 saturated carbocycles. The Morgan fingerprint density at radius 3 is 1.93 bits per heavy atom. The normalized spacial score (nSPS) is 13.9. The van der Waals surface area contributed by atoms with E-state index in [1.165, 1.54) is 0 Å². The van der Waals surface area contributed by atoms with Crippen molar-refractivity contribution in [2.45, 2.75) is 13.3 Å². The van der Waals surface area contributed by atoms with Crippen molar-refractivity contribution in [3.63, 3.8) is 0 Å². The first-order chi connectivity index (χ1) is 25.2. The van der Waals surface area contributed by atoms with Crippen LogP contribution in [0.2, 0.25) is 0 Å². The van der Waals surface area contributed by atoms with Gasteiger partial charge in [0.15, 0.2) is 0 Å². The third kappa shape index (κ3) is 4.07. The average Bonchev–Trinajstić information content (AvgIpc) is 3.56. The molecule has 8 aromatic carbocycles. The van der Waals surface area contributed by atoms with Gasteiger partial charge in [-0.05, 0) is 102 Å². The van der Waals surface area contributed by atoms with Gasteiger partial charge in [-0.15, -0.1) is 0 Å². The zero-order chi connectivity index (χ0) is 36.0. The highest BCUT2D eigenvalue weighted by atomic mass is 15.1. The van der Waals surface area contributed by atoms with Crippen LogP contribution in [0.4, 0.5) is 0 Å². The summed E-state index contributed by atoms with van der Waals surface area (Å²) in [5, 5.41) is 5.39. The summed E-state index contributed by atoms with van der Waals surface area (Å²) in [5.74, 6) is 1.01. The topological polar surface area (TPSA) is 17.8 Å². The van der Waals surface area contributed by atoms with E-state index < -0.39 is 18.1 Å². The molecule has 0 atom stereocenters. The molecular formula is C43H30N2. The lowest BCUT2D eigenvalue weighted by molar-refractivity contribution is 0.909. The van der Waals surface area contributed by atoms with E-state index in [0.717, 1.165) is 72.4 Å². The summed E-state index contributed by atoms with van der Waals surface area (Å²) in [5.41, 5.74) is 5.87. The van der Waals surface area contributed by atoms with Crippen LogP contribution in [-0.4, -0.2) is 9.55 Å². The van der Waals surface area contributed by atoms with E-state index >= 15 is 0 Å². The monoisotopic (exact) mass is 581 g/mol. The number of hydrogen-bond donors (Lipinski definition) is 0. The van der Waals surface area contributed by atoms with E-state index in [-0.39, 0.29) is 40.5 Å². The maximum atomic E-state index is 9.36. The molecule has 212 valence electrons. The van der Waals surface area contributed by atoms with Crippen LogP contribution in [0.5, 0.6) is 0 Å². The van der Waals surface area contributed by atoms with E-state index in [1.54, 1.807) is 0 Å². The maximum absolute atomic E-state index is 9.36. The van der Waals surface area contributed by atoms with Crippen LogP contribution in [0, 0.1) is 0 Å². The fourth-order valence-electron chi connectivity index (χ4n) is 6.74. The molecule has 0 aliphatic rings. The Hall–Kier alpha value is -5.73. The molecule has 1 aromatic heterocycles. The Kier molecular flexibility index (Phi) is 4.42. The quantitative estimate of drug-likeness (QED) is 0.189. The Morgan fingerprint density at radius 1 is 0.578 bits per heavy atom. The number of imidazole rings is 1. The molecular weight excluding hydrogens is 544 g/mol. The van der Waals surface area contributed by atoms with Gasteiger partial charge in [-0.1, -0.05) is 122 Å². The molecule has 0 bridgehead atoms. The summed E-state index contributed by atoms with van der Waals surface area (Å²) in [4.78, 5) is 4.87. The number of aromatic nitrogens is 2. The van der Waals surface area contributed by atoms with Crippen LogP contribution >= 0.6 is 0 Å². The fourth-order valence-corrected chi connectivity index (χ4v) is 6.74. The minimum absolute atomic E-state index is 0.0529. The number of rotatable bonds is 4. The van der Waals surface area contributed by atoms with E-state index in [9.17, 15) is 2.74 Å². The SMILES string of the molecule is [2H]c1c([2H])c([2H])c2c([2H])c(-c3c4ccccc4c(-c4ccc5cc(-n6c(CC)nc7ccccc76)ccc5c4)c4ccccc34)c([2H])c([2H])c2c1[2H]. The maximum Gasteiger partial charge on any atom is 0.114 e. The first kappa shape index (κ1) is 19.5. The van der Waals surface area contributed by atoms with Crippen LogP contribution in [0.25, 0.3) is 82.1 Å². The lowest BCUT2D eigenvalue weighted by Gasteiger charge is -2.18. The van der Waals surface area contributed by atoms with E-state index in [4.69, 9.17) is 11.8 Å². The number of hydrogen-bond acceptors (Lipinski definition) is 1. The molecule has 0 aliphatic carbocycles. The minimum Gasteiger partial charge on any atom is -0.296 e. The molecule has 0 spiro atoms. The van der Waals surface area contributed by atoms with Crippen LogP contribution in [0.3, 0.4) is 0 Å². The molecule has 0 amide bonds. The second kappa shape index (κ2) is 10.2. The fraction of sp³-hybridized carbons (Fsp3) is 0.0465. The number of nitrogens with zero attached hydrogens (tertiary/aromatic N) is 2. The van der Waals surface area contributed by atoms with Crippen LogP contribution in [0.15, 0.2) is 151 Å². The van der Waals surface area contributed by atoms with Crippen molar-refractivity contribution in [3.8, 4) is 27.9 Å². The van der Waals surface area contributed by atoms with Gasteiger partial charge in [-0.2, -0.15) is 0 Å². The van der Waals surface area contributed by atoms with Crippen molar-refractivity contribution in [2.75, 3.05) is 0 Å². The van der Waals surface area contributed by atoms with Crippen molar-refractivity contribution in [2.24, 2.45) is 0 Å². The van der Waals surface area contributed by atoms with E-state index in [0.29, 0.717) is 5.56 Å². The molecule has 0 N–H and O–H groups in total. The van der Waals surface area contributed by atoms with Gasteiger partial charge in [-0.3, -0.25) is 4.57 Å². The van der Waals surface area contributed by atoms with Gasteiger partial charge in [-0.25, -0.2) is 4.98 Å². The van der Waals surface area contributed by atoms with Crippen LogP contribution < -0.4 is 0 Å². The first-order valence-corrected chi connectivity index (χ1v) is 15.1. The van der Waals surface area contributed by atoms with Gasteiger partial charge in [0.2, 0.25) is 0 Å². The smallest absolute Gasteiger partial charge is 0.114 e. The Morgan fingerprint density at radius 2 is 1.20 bits per heavy atom. The highest BCUT2D eigenvalue weighted by molar-refractivity contribution is 6.22. The predicted molar refractivity (Wildman–Crippen MR) is 191 cm³/mol. The minimum atomic E-state index is -0.481. The van der Waals surface area contributed by atoms with Crippen LogP contribution in [-0.2, 0) is 6.42 Å². The number of aryl methyl sites for hydroxylation is 1. The third-order valence-electron chi connectivity index (χ3n) is 8.75. The van der Waals surface area contributed by atoms with E-state index in [1.807, 2.05) is 66.7 Å². The zero-order valence-electron chi connectivity index (χ0n) is 31.5. The molecule has 0 unspecified atom stereocenters. The molecule has 45 heavy (non-hydrogen) atoms. The van der Waals surface area contributed by atoms with Gasteiger partial charge in [0, 0.05) is 12.1 Å². The van der Waals surface area contributed by atoms with Crippen molar-refractivity contribution in [1.82, 2.24) is 9.55 Å². The summed E-state index contributed by atoms with van der Waals surface area (Å²) < 4.78 is 63.4. The third-order valence-corrected chi connectivity index (χ3v) is 8.75. The molecule has 9 rings (SSSR count). The lowest BCUT2D eigenvalue weighted by atomic mass is 9.85. The summed E-state index contributed by atoms with van der Waals surface area (Å²) in [6.45, 7) is 2.12. The number of benzene rings is 8. The summed E-state index contributed by atoms with van der Waals surface area (Å²) >= 11 is 0. The standard InChI is InChI=1S/C43H30N2/c1-2-41-44-39-17-9-10-18-40(39)45(41)34-24-23-30-26-33(22-20-31(30)27-34)43-37-15-7-5-13-35(37)42(36-14-6-8-16-38(36)43)32-21-19-28-11-3-4-12-29(28)25-32/h3-27H,2H2,1H3/i3D,4D,11D,12D,19D,21D,25D. The molecule has 2 heteroatoms. The largest absolute Gasteiger partial charge is 0.296 e. The molecule has 0 fully saturated rings. The second-order valence-electron chi connectivity index (χ2n) is 11.3. The summed E-state index contributed by atoms with van der Waals surface area (Å²) in [7, 11) is 0. The molecule has 0 saturated heterocycles. The molecule has 0 radical (unpaired) electrons. The Bertz CT molecular complexity index is 2930. The highest BCUT2D eigenvalue weighted by Crippen LogP contribution is 2.44. The lowest BCUT2D eigenvalue weighted by Crippen LogP contribution is -2.00. The molecule has 1 heterocycles. The van der Waals surface area contributed by atoms with Gasteiger partial charge in [0.1, 0.15) is 5.82 Å². The van der Waals surface area contributed by atoms with Crippen molar-refractivity contribution < 1.29 is 9.60 Å². The highest BCUT2D eigenvalue weighted by Gasteiger charge is 2.17. The first-order valence-electron chi connectivity index (χ1n) is 18.6. The van der Waals surface area contributed by atoms with Crippen molar-refractivity contribution >= 4 is 54.1 Å². The van der Waals surface area contributed by atoms with Gasteiger partial charge < -0.3 is 0 Å². The second-order valence-corrected chi connectivity index (χ2v) is 11.3. The van der Waals surface area contributed by atoms with Gasteiger partial charge in [0.05, 0.1) is 20.6 Å². The van der Waals surface area contributed by atoms with Crippen LogP contribution in [0.1, 0.15) is 22.3 Å². The number of fused-ring (bicyclic) bond motifs is 5. The number of para-hydroxylation sites is 2. The zero-order valence-corrected chi connectivity index (χ0v) is 24.5. The average molecular weight is 582 g/mol. The Balaban J connectivity index is 1.30. The van der Waals surface area contributed by atoms with Crippen molar-refractivity contribution in [1.29, 1.82) is 0 Å². The molecule has 9 aromatic rings. The Labute approximate surface area is 271 Å².